The normalized spacial score (nSPS) is 16.0. The zero-order valence-electron chi connectivity index (χ0n) is 15.4. The van der Waals surface area contributed by atoms with Gasteiger partial charge in [0.2, 0.25) is 0 Å². The van der Waals surface area contributed by atoms with E-state index in [9.17, 15) is 4.79 Å². The summed E-state index contributed by atoms with van der Waals surface area (Å²) in [5, 5.41) is 3.53. The molecule has 0 spiro atoms. The van der Waals surface area contributed by atoms with Gasteiger partial charge in [-0.2, -0.15) is 0 Å². The molecule has 1 unspecified atom stereocenters. The highest BCUT2D eigenvalue weighted by molar-refractivity contribution is 9.10. The Bertz CT molecular complexity index is 776. The van der Waals surface area contributed by atoms with Crippen LogP contribution in [0.2, 0.25) is 5.02 Å². The third kappa shape index (κ3) is 5.24. The molecule has 1 N–H and O–H groups in total. The van der Waals surface area contributed by atoms with Crippen molar-refractivity contribution in [2.75, 3.05) is 26.7 Å². The number of benzene rings is 2. The second kappa shape index (κ2) is 9.58. The summed E-state index contributed by atoms with van der Waals surface area (Å²) in [4.78, 5) is 15.1. The maximum Gasteiger partial charge on any atom is 0.252 e. The van der Waals surface area contributed by atoms with Crippen molar-refractivity contribution in [2.24, 2.45) is 0 Å². The highest BCUT2D eigenvalue weighted by Crippen LogP contribution is 2.26. The molecule has 1 amide bonds. The number of hydrogen-bond donors (Lipinski definition) is 1. The summed E-state index contributed by atoms with van der Waals surface area (Å²) in [7, 11) is 1.67. The second-order valence-electron chi connectivity index (χ2n) is 6.72. The second-order valence-corrected chi connectivity index (χ2v) is 8.04. The highest BCUT2D eigenvalue weighted by Gasteiger charge is 2.23. The molecule has 0 saturated carbocycles. The molecular formula is C21H24BrClN2O2. The fourth-order valence-electron chi connectivity index (χ4n) is 3.47. The van der Waals surface area contributed by atoms with Gasteiger partial charge in [0.05, 0.1) is 23.7 Å². The van der Waals surface area contributed by atoms with E-state index in [1.165, 1.54) is 24.8 Å². The van der Waals surface area contributed by atoms with Crippen LogP contribution in [0, 0.1) is 0 Å². The molecule has 0 bridgehead atoms. The van der Waals surface area contributed by atoms with Crippen LogP contribution in [0.4, 0.5) is 0 Å². The summed E-state index contributed by atoms with van der Waals surface area (Å²) in [6.07, 6.45) is 3.65. The summed E-state index contributed by atoms with van der Waals surface area (Å²) in [6.45, 7) is 2.63. The van der Waals surface area contributed by atoms with Crippen molar-refractivity contribution in [3.63, 3.8) is 0 Å². The van der Waals surface area contributed by atoms with Gasteiger partial charge in [-0.15, -0.1) is 0 Å². The zero-order valence-corrected chi connectivity index (χ0v) is 17.7. The van der Waals surface area contributed by atoms with Crippen LogP contribution in [0.1, 0.15) is 41.2 Å². The molecule has 0 aliphatic carbocycles. The molecule has 1 heterocycles. The van der Waals surface area contributed by atoms with Crippen LogP contribution in [0.15, 0.2) is 46.9 Å². The molecule has 2 aromatic carbocycles. The van der Waals surface area contributed by atoms with Crippen molar-refractivity contribution in [3.8, 4) is 5.75 Å². The average molecular weight is 452 g/mol. The number of hydrogen-bond acceptors (Lipinski definition) is 3. The molecular weight excluding hydrogens is 428 g/mol. The molecule has 0 radical (unpaired) electrons. The van der Waals surface area contributed by atoms with Crippen molar-refractivity contribution >= 4 is 33.4 Å². The van der Waals surface area contributed by atoms with Crippen LogP contribution in [-0.4, -0.2) is 37.6 Å². The number of nitrogens with zero attached hydrogens (tertiary/aromatic N) is 1. The van der Waals surface area contributed by atoms with Gasteiger partial charge in [0.1, 0.15) is 5.75 Å². The van der Waals surface area contributed by atoms with Crippen LogP contribution >= 0.6 is 27.5 Å². The highest BCUT2D eigenvalue weighted by atomic mass is 79.9. The minimum Gasteiger partial charge on any atom is -0.497 e. The molecule has 6 heteroatoms. The predicted molar refractivity (Wildman–Crippen MR) is 113 cm³/mol. The van der Waals surface area contributed by atoms with Crippen molar-refractivity contribution < 1.29 is 9.53 Å². The Kier molecular flexibility index (Phi) is 7.16. The Labute approximate surface area is 174 Å². The van der Waals surface area contributed by atoms with Crippen LogP contribution in [0.3, 0.4) is 0 Å². The number of amides is 1. The monoisotopic (exact) mass is 450 g/mol. The third-order valence-electron chi connectivity index (χ3n) is 4.96. The van der Waals surface area contributed by atoms with Gasteiger partial charge in [0, 0.05) is 11.0 Å². The summed E-state index contributed by atoms with van der Waals surface area (Å²) < 4.78 is 6.11. The van der Waals surface area contributed by atoms with E-state index in [-0.39, 0.29) is 11.9 Å². The van der Waals surface area contributed by atoms with Crippen LogP contribution < -0.4 is 10.1 Å². The lowest BCUT2D eigenvalue weighted by atomic mass is 10.0. The molecule has 1 saturated heterocycles. The number of methoxy groups -OCH3 is 1. The maximum atomic E-state index is 12.7. The van der Waals surface area contributed by atoms with Gasteiger partial charge in [-0.1, -0.05) is 46.1 Å². The van der Waals surface area contributed by atoms with E-state index < -0.39 is 0 Å². The first kappa shape index (κ1) is 20.2. The molecule has 2 aromatic rings. The zero-order chi connectivity index (χ0) is 19.2. The molecule has 27 heavy (non-hydrogen) atoms. The summed E-state index contributed by atoms with van der Waals surface area (Å²) in [5.74, 6) is 0.679. The van der Waals surface area contributed by atoms with E-state index in [0.717, 1.165) is 23.3 Å². The number of halogens is 2. The van der Waals surface area contributed by atoms with Gasteiger partial charge in [0.15, 0.2) is 0 Å². The lowest BCUT2D eigenvalue weighted by Gasteiger charge is -2.35. The van der Waals surface area contributed by atoms with Crippen LogP contribution in [0.25, 0.3) is 0 Å². The molecule has 0 aromatic heterocycles. The van der Waals surface area contributed by atoms with Gasteiger partial charge in [-0.25, -0.2) is 0 Å². The van der Waals surface area contributed by atoms with Crippen LogP contribution in [-0.2, 0) is 0 Å². The van der Waals surface area contributed by atoms with Crippen LogP contribution in [0.5, 0.6) is 5.75 Å². The number of likely N-dealkylation sites (tertiary alicyclic amines) is 1. The fraction of sp³-hybridized carbons (Fsp3) is 0.381. The van der Waals surface area contributed by atoms with Gasteiger partial charge >= 0.3 is 0 Å². The minimum absolute atomic E-state index is 0.131. The number of rotatable bonds is 6. The molecule has 1 aliphatic rings. The van der Waals surface area contributed by atoms with Gasteiger partial charge in [-0.05, 0) is 61.8 Å². The number of piperidine rings is 1. The standard InChI is InChI=1S/C21H24BrClN2O2/c1-27-17-8-5-15(6-9-17)20(25-11-3-2-4-12-25)14-24-21(26)18-13-16(22)7-10-19(18)23/h5-10,13,20H,2-4,11-12,14H2,1H3,(H,24,26). The Morgan fingerprint density at radius 2 is 1.89 bits per heavy atom. The summed E-state index contributed by atoms with van der Waals surface area (Å²) in [5.41, 5.74) is 1.66. The molecule has 1 atom stereocenters. The van der Waals surface area contributed by atoms with E-state index >= 15 is 0 Å². The predicted octanol–water partition coefficient (Wildman–Crippen LogP) is 5.07. The van der Waals surface area contributed by atoms with Crippen molar-refractivity contribution in [1.82, 2.24) is 10.2 Å². The number of carbonyl (C=O) groups excluding carboxylic acids is 1. The van der Waals surface area contributed by atoms with E-state index in [1.54, 1.807) is 19.2 Å². The lowest BCUT2D eigenvalue weighted by molar-refractivity contribution is 0.0924. The van der Waals surface area contributed by atoms with E-state index in [2.05, 4.69) is 38.3 Å². The first-order valence-corrected chi connectivity index (χ1v) is 10.4. The van der Waals surface area contributed by atoms with E-state index in [1.807, 2.05) is 18.2 Å². The lowest BCUT2D eigenvalue weighted by Crippen LogP contribution is -2.40. The van der Waals surface area contributed by atoms with Crippen molar-refractivity contribution in [3.05, 3.63) is 63.1 Å². The van der Waals surface area contributed by atoms with Gasteiger partial charge in [-0.3, -0.25) is 9.69 Å². The minimum atomic E-state index is -0.156. The maximum absolute atomic E-state index is 12.7. The average Bonchev–Trinajstić information content (AvgIpc) is 2.71. The number of nitrogens with one attached hydrogen (secondary N) is 1. The SMILES string of the molecule is COc1ccc(C(CNC(=O)c2cc(Br)ccc2Cl)N2CCCCC2)cc1. The fourth-order valence-corrected chi connectivity index (χ4v) is 4.03. The first-order valence-electron chi connectivity index (χ1n) is 9.19. The number of carbonyl (C=O) groups is 1. The Morgan fingerprint density at radius 3 is 2.56 bits per heavy atom. The topological polar surface area (TPSA) is 41.6 Å². The van der Waals surface area contributed by atoms with Crippen molar-refractivity contribution in [2.45, 2.75) is 25.3 Å². The Balaban J connectivity index is 1.76. The third-order valence-corrected chi connectivity index (χ3v) is 5.78. The quantitative estimate of drug-likeness (QED) is 0.667. The van der Waals surface area contributed by atoms with Gasteiger partial charge < -0.3 is 10.1 Å². The van der Waals surface area contributed by atoms with Crippen molar-refractivity contribution in [1.29, 1.82) is 0 Å². The van der Waals surface area contributed by atoms with Gasteiger partial charge in [0.25, 0.3) is 5.91 Å². The first-order chi connectivity index (χ1) is 13.1. The summed E-state index contributed by atoms with van der Waals surface area (Å²) in [6, 6.07) is 13.5. The largest absolute Gasteiger partial charge is 0.497 e. The Morgan fingerprint density at radius 1 is 1.19 bits per heavy atom. The molecule has 144 valence electrons. The number of ether oxygens (including phenoxy) is 1. The van der Waals surface area contributed by atoms with E-state index in [0.29, 0.717) is 17.1 Å². The summed E-state index contributed by atoms with van der Waals surface area (Å²) >= 11 is 9.60. The smallest absolute Gasteiger partial charge is 0.252 e. The van der Waals surface area contributed by atoms with E-state index in [4.69, 9.17) is 16.3 Å². The Hall–Kier alpha value is -1.56. The molecule has 1 fully saturated rings. The molecule has 4 nitrogen and oxygen atoms in total. The molecule has 1 aliphatic heterocycles. The molecule has 3 rings (SSSR count).